The van der Waals surface area contributed by atoms with E-state index in [1.54, 1.807) is 17.0 Å². The summed E-state index contributed by atoms with van der Waals surface area (Å²) in [6.07, 6.45) is -0.397. The summed E-state index contributed by atoms with van der Waals surface area (Å²) in [5.41, 5.74) is 0.530. The number of nitro groups is 1. The Kier molecular flexibility index (Phi) is 2.66. The van der Waals surface area contributed by atoms with Gasteiger partial charge in [-0.2, -0.15) is 0 Å². The lowest BCUT2D eigenvalue weighted by Crippen LogP contribution is -2.51. The van der Waals surface area contributed by atoms with Crippen LogP contribution in [0.1, 0.15) is 0 Å². The van der Waals surface area contributed by atoms with Gasteiger partial charge >= 0.3 is 0 Å². The van der Waals surface area contributed by atoms with E-state index in [1.165, 1.54) is 13.2 Å². The number of β-amino-alcohol motifs (C(OH)–C–C–N with tert-alkyl or cyclic N) is 1. The van der Waals surface area contributed by atoms with Gasteiger partial charge < -0.3 is 14.7 Å². The van der Waals surface area contributed by atoms with Crippen LogP contribution in [-0.4, -0.2) is 36.3 Å². The van der Waals surface area contributed by atoms with Crippen LogP contribution in [0.2, 0.25) is 0 Å². The van der Waals surface area contributed by atoms with E-state index in [2.05, 4.69) is 0 Å². The Bertz CT molecular complexity index is 415. The molecule has 1 N–H and O–H groups in total. The molecule has 0 amide bonds. The maximum absolute atomic E-state index is 10.8. The molecule has 1 fully saturated rings. The first-order valence-electron chi connectivity index (χ1n) is 4.87. The van der Waals surface area contributed by atoms with E-state index in [4.69, 9.17) is 4.74 Å². The molecule has 0 aliphatic carbocycles. The highest BCUT2D eigenvalue weighted by Crippen LogP contribution is 2.34. The number of benzene rings is 1. The zero-order valence-electron chi connectivity index (χ0n) is 8.79. The highest BCUT2D eigenvalue weighted by atomic mass is 16.6. The van der Waals surface area contributed by atoms with Crippen molar-refractivity contribution in [3.63, 3.8) is 0 Å². The first-order valence-corrected chi connectivity index (χ1v) is 4.87. The number of methoxy groups -OCH3 is 1. The third-order valence-electron chi connectivity index (χ3n) is 2.58. The van der Waals surface area contributed by atoms with Crippen LogP contribution >= 0.6 is 0 Å². The van der Waals surface area contributed by atoms with Crippen molar-refractivity contribution in [2.75, 3.05) is 25.1 Å². The summed E-state index contributed by atoms with van der Waals surface area (Å²) in [7, 11) is 1.51. The van der Waals surface area contributed by atoms with Crippen LogP contribution in [0.15, 0.2) is 18.2 Å². The minimum absolute atomic E-state index is 0.0349. The number of rotatable bonds is 3. The fourth-order valence-corrected chi connectivity index (χ4v) is 1.69. The molecule has 1 aliphatic heterocycles. The van der Waals surface area contributed by atoms with Crippen LogP contribution in [0, 0.1) is 10.1 Å². The number of hydrogen-bond acceptors (Lipinski definition) is 5. The number of hydrogen-bond donors (Lipinski definition) is 1. The Morgan fingerprint density at radius 2 is 2.25 bits per heavy atom. The molecule has 1 aliphatic rings. The van der Waals surface area contributed by atoms with Crippen molar-refractivity contribution < 1.29 is 14.8 Å². The largest absolute Gasteiger partial charge is 0.497 e. The van der Waals surface area contributed by atoms with E-state index < -0.39 is 11.0 Å². The quantitative estimate of drug-likeness (QED) is 0.606. The molecular formula is C10H12N2O4. The number of anilines is 1. The second-order valence-corrected chi connectivity index (χ2v) is 3.67. The van der Waals surface area contributed by atoms with Crippen molar-refractivity contribution in [3.8, 4) is 5.75 Å². The van der Waals surface area contributed by atoms with Gasteiger partial charge in [0.1, 0.15) is 11.4 Å². The lowest BCUT2D eigenvalue weighted by Gasteiger charge is -2.37. The summed E-state index contributed by atoms with van der Waals surface area (Å²) < 4.78 is 5.02. The third kappa shape index (κ3) is 1.79. The summed E-state index contributed by atoms with van der Waals surface area (Å²) in [5.74, 6) is 0.571. The average molecular weight is 224 g/mol. The van der Waals surface area contributed by atoms with Crippen LogP contribution in [0.25, 0.3) is 0 Å². The Morgan fingerprint density at radius 1 is 1.56 bits per heavy atom. The number of aliphatic hydroxyl groups excluding tert-OH is 1. The van der Waals surface area contributed by atoms with Crippen molar-refractivity contribution in [1.82, 2.24) is 0 Å². The van der Waals surface area contributed by atoms with Crippen molar-refractivity contribution in [2.45, 2.75) is 6.10 Å². The number of ether oxygens (including phenoxy) is 1. The average Bonchev–Trinajstić information content (AvgIpc) is 2.23. The molecule has 86 valence electrons. The molecule has 0 atom stereocenters. The van der Waals surface area contributed by atoms with E-state index in [0.717, 1.165) is 0 Å². The molecule has 0 bridgehead atoms. The molecule has 16 heavy (non-hydrogen) atoms. The first kappa shape index (κ1) is 10.7. The number of nitro benzene ring substituents is 1. The van der Waals surface area contributed by atoms with Gasteiger partial charge in [0.05, 0.1) is 18.1 Å². The fourth-order valence-electron chi connectivity index (χ4n) is 1.69. The van der Waals surface area contributed by atoms with E-state index in [9.17, 15) is 15.2 Å². The number of nitrogens with zero attached hydrogens (tertiary/aromatic N) is 2. The molecule has 2 rings (SSSR count). The summed E-state index contributed by atoms with van der Waals surface area (Å²) in [6.45, 7) is 0.849. The maximum Gasteiger partial charge on any atom is 0.292 e. The van der Waals surface area contributed by atoms with Gasteiger partial charge in [-0.15, -0.1) is 0 Å². The maximum atomic E-state index is 10.8. The zero-order valence-corrected chi connectivity index (χ0v) is 8.79. The Labute approximate surface area is 92.2 Å². The lowest BCUT2D eigenvalue weighted by atomic mass is 10.1. The molecular weight excluding hydrogens is 212 g/mol. The summed E-state index contributed by atoms with van der Waals surface area (Å²) in [4.78, 5) is 12.1. The molecule has 0 aromatic heterocycles. The van der Waals surface area contributed by atoms with Gasteiger partial charge in [0.2, 0.25) is 0 Å². The molecule has 1 heterocycles. The van der Waals surface area contributed by atoms with Crippen molar-refractivity contribution in [2.24, 2.45) is 0 Å². The van der Waals surface area contributed by atoms with E-state index in [0.29, 0.717) is 24.5 Å². The standard InChI is InChI=1S/C10H12N2O4/c1-16-8-2-3-9(12(14)15)10(4-8)11-5-7(13)6-11/h2-4,7,13H,5-6H2,1H3. The topological polar surface area (TPSA) is 75.8 Å². The summed E-state index contributed by atoms with van der Waals surface area (Å²) in [6, 6.07) is 4.58. The molecule has 6 nitrogen and oxygen atoms in total. The molecule has 1 aromatic carbocycles. The molecule has 0 spiro atoms. The third-order valence-corrected chi connectivity index (χ3v) is 2.58. The van der Waals surface area contributed by atoms with Crippen molar-refractivity contribution >= 4 is 11.4 Å². The zero-order chi connectivity index (χ0) is 11.7. The molecule has 1 saturated heterocycles. The van der Waals surface area contributed by atoms with Crippen LogP contribution in [0.4, 0.5) is 11.4 Å². The van der Waals surface area contributed by atoms with Gasteiger partial charge in [-0.3, -0.25) is 10.1 Å². The summed E-state index contributed by atoms with van der Waals surface area (Å²) in [5, 5.41) is 20.0. The molecule has 6 heteroatoms. The van der Waals surface area contributed by atoms with E-state index in [-0.39, 0.29) is 5.69 Å². The normalized spacial score (nSPS) is 15.8. The van der Waals surface area contributed by atoms with Crippen LogP contribution in [0.3, 0.4) is 0 Å². The second-order valence-electron chi connectivity index (χ2n) is 3.67. The minimum atomic E-state index is -0.431. The fraction of sp³-hybridized carbons (Fsp3) is 0.400. The Morgan fingerprint density at radius 3 is 2.75 bits per heavy atom. The Balaban J connectivity index is 2.35. The second kappa shape index (κ2) is 3.97. The van der Waals surface area contributed by atoms with Gasteiger partial charge in [0.15, 0.2) is 0 Å². The lowest BCUT2D eigenvalue weighted by molar-refractivity contribution is -0.384. The minimum Gasteiger partial charge on any atom is -0.497 e. The van der Waals surface area contributed by atoms with Crippen LogP contribution < -0.4 is 9.64 Å². The monoisotopic (exact) mass is 224 g/mol. The highest BCUT2D eigenvalue weighted by molar-refractivity contribution is 5.67. The predicted octanol–water partition coefficient (Wildman–Crippen LogP) is 0.784. The van der Waals surface area contributed by atoms with E-state index in [1.807, 2.05) is 0 Å². The molecule has 1 aromatic rings. The SMILES string of the molecule is COc1ccc([N+](=O)[O-])c(N2CC(O)C2)c1. The molecule has 0 saturated carbocycles. The number of aliphatic hydroxyl groups is 1. The molecule has 0 radical (unpaired) electrons. The van der Waals surface area contributed by atoms with Gasteiger partial charge in [0.25, 0.3) is 5.69 Å². The Hall–Kier alpha value is -1.82. The van der Waals surface area contributed by atoms with Gasteiger partial charge in [-0.05, 0) is 6.07 Å². The summed E-state index contributed by atoms with van der Waals surface area (Å²) >= 11 is 0. The van der Waals surface area contributed by atoms with Crippen molar-refractivity contribution in [1.29, 1.82) is 0 Å². The van der Waals surface area contributed by atoms with Crippen molar-refractivity contribution in [3.05, 3.63) is 28.3 Å². The van der Waals surface area contributed by atoms with Crippen LogP contribution in [-0.2, 0) is 0 Å². The van der Waals surface area contributed by atoms with Gasteiger partial charge in [-0.1, -0.05) is 0 Å². The highest BCUT2D eigenvalue weighted by Gasteiger charge is 2.30. The first-order chi connectivity index (χ1) is 7.61. The van der Waals surface area contributed by atoms with Crippen LogP contribution in [0.5, 0.6) is 5.75 Å². The van der Waals surface area contributed by atoms with E-state index >= 15 is 0 Å². The van der Waals surface area contributed by atoms with Gasteiger partial charge in [-0.25, -0.2) is 0 Å². The predicted molar refractivity (Wildman–Crippen MR) is 57.9 cm³/mol. The van der Waals surface area contributed by atoms with Gasteiger partial charge in [0, 0.05) is 25.2 Å². The molecule has 0 unspecified atom stereocenters. The smallest absolute Gasteiger partial charge is 0.292 e.